The minimum absolute atomic E-state index is 0.440. The van der Waals surface area contributed by atoms with Gasteiger partial charge >= 0.3 is 0 Å². The van der Waals surface area contributed by atoms with Crippen molar-refractivity contribution < 1.29 is 9.47 Å². The molecule has 0 unspecified atom stereocenters. The van der Waals surface area contributed by atoms with Crippen LogP contribution in [-0.4, -0.2) is 54.0 Å². The molecule has 2 heterocycles. The zero-order valence-corrected chi connectivity index (χ0v) is 17.1. The normalized spacial score (nSPS) is 14.4. The number of nitrogens with one attached hydrogen (secondary N) is 1. The summed E-state index contributed by atoms with van der Waals surface area (Å²) in [6.45, 7) is 5.98. The van der Waals surface area contributed by atoms with Gasteiger partial charge in [0, 0.05) is 24.3 Å². The summed E-state index contributed by atoms with van der Waals surface area (Å²) in [5.41, 5.74) is 3.09. The molecule has 2 aromatic carbocycles. The van der Waals surface area contributed by atoms with Crippen LogP contribution in [0.4, 0.5) is 5.69 Å². The van der Waals surface area contributed by atoms with Gasteiger partial charge in [-0.05, 0) is 61.1 Å². The Morgan fingerprint density at radius 3 is 2.55 bits per heavy atom. The molecule has 150 valence electrons. The smallest absolute Gasteiger partial charge is 0.216 e. The number of aromatic amines is 1. The number of anilines is 1. The SMILES string of the molecule is CCOc1ccc(-c2n[nH]c(=S)n2/N=C\c2ccc(N3CCOCC3)cc2)cc1. The number of rotatable bonds is 6. The van der Waals surface area contributed by atoms with Crippen molar-refractivity contribution in [1.29, 1.82) is 0 Å². The number of hydrogen-bond acceptors (Lipinski definition) is 6. The van der Waals surface area contributed by atoms with E-state index in [4.69, 9.17) is 21.7 Å². The standard InChI is InChI=1S/C21H23N5O2S/c1-2-28-19-9-5-17(6-10-19)20-23-24-21(29)26(20)22-15-16-3-7-18(8-4-16)25-11-13-27-14-12-25/h3-10,15H,2,11-14H2,1H3,(H,24,29)/b22-15-. The first-order valence-corrected chi connectivity index (χ1v) is 10.0. The molecule has 3 aromatic rings. The van der Waals surface area contributed by atoms with E-state index >= 15 is 0 Å². The van der Waals surface area contributed by atoms with E-state index in [2.05, 4.69) is 44.5 Å². The van der Waals surface area contributed by atoms with Gasteiger partial charge in [-0.15, -0.1) is 0 Å². The highest BCUT2D eigenvalue weighted by Gasteiger charge is 2.11. The summed E-state index contributed by atoms with van der Waals surface area (Å²) >= 11 is 5.35. The second-order valence-corrected chi connectivity index (χ2v) is 6.94. The number of ether oxygens (including phenoxy) is 2. The van der Waals surface area contributed by atoms with Gasteiger partial charge in [-0.25, -0.2) is 5.10 Å². The van der Waals surface area contributed by atoms with Crippen LogP contribution in [0.2, 0.25) is 0 Å². The van der Waals surface area contributed by atoms with Crippen molar-refractivity contribution in [3.8, 4) is 17.1 Å². The molecular formula is C21H23N5O2S. The second-order valence-electron chi connectivity index (χ2n) is 6.56. The number of morpholine rings is 1. The molecule has 0 bridgehead atoms. The molecule has 0 radical (unpaired) electrons. The molecule has 0 aliphatic carbocycles. The molecule has 0 atom stereocenters. The lowest BCUT2D eigenvalue weighted by atomic mass is 10.2. The van der Waals surface area contributed by atoms with Crippen molar-refractivity contribution in [2.24, 2.45) is 5.10 Å². The van der Waals surface area contributed by atoms with Gasteiger partial charge in [0.05, 0.1) is 26.0 Å². The molecule has 0 amide bonds. The van der Waals surface area contributed by atoms with Gasteiger partial charge in [0.25, 0.3) is 0 Å². The van der Waals surface area contributed by atoms with Crippen LogP contribution in [0.1, 0.15) is 12.5 Å². The summed E-state index contributed by atoms with van der Waals surface area (Å²) in [7, 11) is 0. The maximum Gasteiger partial charge on any atom is 0.216 e. The zero-order valence-electron chi connectivity index (χ0n) is 16.2. The van der Waals surface area contributed by atoms with Crippen LogP contribution < -0.4 is 9.64 Å². The van der Waals surface area contributed by atoms with E-state index in [1.807, 2.05) is 31.2 Å². The Morgan fingerprint density at radius 2 is 1.86 bits per heavy atom. The Morgan fingerprint density at radius 1 is 1.14 bits per heavy atom. The van der Waals surface area contributed by atoms with E-state index in [1.165, 1.54) is 5.69 Å². The fraction of sp³-hybridized carbons (Fsp3) is 0.286. The van der Waals surface area contributed by atoms with Gasteiger partial charge in [-0.2, -0.15) is 14.9 Å². The van der Waals surface area contributed by atoms with Crippen molar-refractivity contribution in [3.05, 3.63) is 58.9 Å². The molecular weight excluding hydrogens is 386 g/mol. The largest absolute Gasteiger partial charge is 0.494 e. The molecule has 1 aliphatic heterocycles. The first-order chi connectivity index (χ1) is 14.2. The molecule has 4 rings (SSSR count). The minimum Gasteiger partial charge on any atom is -0.494 e. The van der Waals surface area contributed by atoms with Crippen LogP contribution in [0.5, 0.6) is 5.75 Å². The van der Waals surface area contributed by atoms with Crippen molar-refractivity contribution in [1.82, 2.24) is 14.9 Å². The van der Waals surface area contributed by atoms with Gasteiger partial charge in [0.2, 0.25) is 4.77 Å². The molecule has 8 heteroatoms. The second kappa shape index (κ2) is 9.02. The first kappa shape index (κ1) is 19.4. The van der Waals surface area contributed by atoms with E-state index in [0.29, 0.717) is 17.2 Å². The average Bonchev–Trinajstić information content (AvgIpc) is 3.14. The summed E-state index contributed by atoms with van der Waals surface area (Å²) < 4.78 is 13.0. The molecule has 1 aliphatic rings. The van der Waals surface area contributed by atoms with Crippen molar-refractivity contribution >= 4 is 24.1 Å². The monoisotopic (exact) mass is 409 g/mol. The molecule has 0 spiro atoms. The third-order valence-electron chi connectivity index (χ3n) is 4.67. The van der Waals surface area contributed by atoms with Crippen LogP contribution in [0, 0.1) is 4.77 Å². The van der Waals surface area contributed by atoms with E-state index < -0.39 is 0 Å². The summed E-state index contributed by atoms with van der Waals surface area (Å²) in [5, 5.41) is 11.7. The van der Waals surface area contributed by atoms with E-state index in [-0.39, 0.29) is 0 Å². The Bertz CT molecular complexity index is 1020. The lowest BCUT2D eigenvalue weighted by molar-refractivity contribution is 0.122. The summed E-state index contributed by atoms with van der Waals surface area (Å²) in [5.74, 6) is 1.47. The van der Waals surface area contributed by atoms with Gasteiger partial charge in [0.1, 0.15) is 5.75 Å². The van der Waals surface area contributed by atoms with Crippen LogP contribution in [0.25, 0.3) is 11.4 Å². The van der Waals surface area contributed by atoms with E-state index in [0.717, 1.165) is 43.2 Å². The molecule has 0 saturated carbocycles. The fourth-order valence-corrected chi connectivity index (χ4v) is 3.35. The Hall–Kier alpha value is -2.97. The molecule has 1 N–H and O–H groups in total. The van der Waals surface area contributed by atoms with Crippen LogP contribution in [-0.2, 0) is 4.74 Å². The van der Waals surface area contributed by atoms with Crippen LogP contribution >= 0.6 is 12.2 Å². The predicted octanol–water partition coefficient (Wildman–Crippen LogP) is 3.73. The summed E-state index contributed by atoms with van der Waals surface area (Å²) in [6, 6.07) is 16.0. The first-order valence-electron chi connectivity index (χ1n) is 9.62. The summed E-state index contributed by atoms with van der Waals surface area (Å²) in [4.78, 5) is 2.32. The maximum atomic E-state index is 5.50. The van der Waals surface area contributed by atoms with E-state index in [1.54, 1.807) is 10.9 Å². The van der Waals surface area contributed by atoms with Gasteiger partial charge < -0.3 is 14.4 Å². The third kappa shape index (κ3) is 4.55. The third-order valence-corrected chi connectivity index (χ3v) is 4.93. The van der Waals surface area contributed by atoms with Crippen LogP contribution in [0.15, 0.2) is 53.6 Å². The highest BCUT2D eigenvalue weighted by Crippen LogP contribution is 2.21. The number of H-pyrrole nitrogens is 1. The zero-order chi connectivity index (χ0) is 20.1. The van der Waals surface area contributed by atoms with Crippen LogP contribution in [0.3, 0.4) is 0 Å². The molecule has 7 nitrogen and oxygen atoms in total. The number of hydrogen-bond donors (Lipinski definition) is 1. The topological polar surface area (TPSA) is 67.7 Å². The lowest BCUT2D eigenvalue weighted by Crippen LogP contribution is -2.36. The van der Waals surface area contributed by atoms with Gasteiger partial charge in [0.15, 0.2) is 5.82 Å². The highest BCUT2D eigenvalue weighted by molar-refractivity contribution is 7.71. The van der Waals surface area contributed by atoms with Crippen molar-refractivity contribution in [2.75, 3.05) is 37.8 Å². The molecule has 1 fully saturated rings. The lowest BCUT2D eigenvalue weighted by Gasteiger charge is -2.28. The predicted molar refractivity (Wildman–Crippen MR) is 116 cm³/mol. The quantitative estimate of drug-likeness (QED) is 0.496. The van der Waals surface area contributed by atoms with Gasteiger partial charge in [-0.3, -0.25) is 0 Å². The fourth-order valence-electron chi connectivity index (χ4n) is 3.17. The Kier molecular flexibility index (Phi) is 6.02. The Labute approximate surface area is 174 Å². The van der Waals surface area contributed by atoms with E-state index in [9.17, 15) is 0 Å². The number of aromatic nitrogens is 3. The molecule has 1 saturated heterocycles. The maximum absolute atomic E-state index is 5.50. The minimum atomic E-state index is 0.440. The van der Waals surface area contributed by atoms with Gasteiger partial charge in [-0.1, -0.05) is 12.1 Å². The average molecular weight is 410 g/mol. The van der Waals surface area contributed by atoms with Crippen molar-refractivity contribution in [3.63, 3.8) is 0 Å². The number of nitrogens with zero attached hydrogens (tertiary/aromatic N) is 4. The highest BCUT2D eigenvalue weighted by atomic mass is 32.1. The molecule has 29 heavy (non-hydrogen) atoms. The number of benzene rings is 2. The molecule has 1 aromatic heterocycles. The summed E-state index contributed by atoms with van der Waals surface area (Å²) in [6.07, 6.45) is 1.78. The Balaban J connectivity index is 1.52. The van der Waals surface area contributed by atoms with Crippen molar-refractivity contribution in [2.45, 2.75) is 6.92 Å².